The molecule has 1 amide bonds. The van der Waals surface area contributed by atoms with Gasteiger partial charge in [-0.25, -0.2) is 8.42 Å². The average molecular weight is 527 g/mol. The number of benzene rings is 3. The molecule has 0 saturated carbocycles. The van der Waals surface area contributed by atoms with Crippen molar-refractivity contribution in [2.45, 2.75) is 32.4 Å². The highest BCUT2D eigenvalue weighted by atomic mass is 35.5. The summed E-state index contributed by atoms with van der Waals surface area (Å²) in [6.45, 7) is 2.20. The quantitative estimate of drug-likeness (QED) is 0.279. The highest BCUT2D eigenvalue weighted by molar-refractivity contribution is 7.92. The van der Waals surface area contributed by atoms with Crippen LogP contribution in [0.25, 0.3) is 10.1 Å². The van der Waals surface area contributed by atoms with E-state index < -0.39 is 10.0 Å². The molecular weight excluding hydrogens is 500 g/mol. The standard InChI is InChI=1S/C27H27ClN2O3S2/c1-19(8-9-20-6-4-3-5-7-20)29-27(31)26-17-22-16-24(14-15-25(22)34-26)30(35(2,32)33)18-21-10-12-23(28)13-11-21/h3-7,10-17,19H,8-9,18H2,1-2H3,(H,29,31)/t19-/m1/s1. The van der Waals surface area contributed by atoms with Crippen molar-refractivity contribution >= 4 is 54.6 Å². The van der Waals surface area contributed by atoms with Crippen LogP contribution in [0.2, 0.25) is 5.02 Å². The largest absolute Gasteiger partial charge is 0.349 e. The normalized spacial score (nSPS) is 12.4. The molecule has 1 aromatic heterocycles. The molecule has 0 aliphatic carbocycles. The molecule has 0 aliphatic rings. The molecular formula is C27H27ClN2O3S2. The molecule has 1 heterocycles. The number of rotatable bonds is 9. The van der Waals surface area contributed by atoms with Gasteiger partial charge in [0.15, 0.2) is 0 Å². The third-order valence-electron chi connectivity index (χ3n) is 5.74. The van der Waals surface area contributed by atoms with Gasteiger partial charge in [-0.05, 0) is 72.7 Å². The predicted molar refractivity (Wildman–Crippen MR) is 146 cm³/mol. The molecule has 4 aromatic rings. The molecule has 0 spiro atoms. The minimum absolute atomic E-state index is 0.0311. The molecule has 4 rings (SSSR count). The van der Waals surface area contributed by atoms with E-state index in [-0.39, 0.29) is 18.5 Å². The van der Waals surface area contributed by atoms with Crippen molar-refractivity contribution in [3.8, 4) is 0 Å². The zero-order chi connectivity index (χ0) is 25.0. The lowest BCUT2D eigenvalue weighted by Gasteiger charge is -2.22. The van der Waals surface area contributed by atoms with E-state index in [2.05, 4.69) is 17.4 Å². The minimum Gasteiger partial charge on any atom is -0.349 e. The molecule has 35 heavy (non-hydrogen) atoms. The number of hydrogen-bond acceptors (Lipinski definition) is 4. The van der Waals surface area contributed by atoms with Crippen LogP contribution in [0.1, 0.15) is 34.1 Å². The van der Waals surface area contributed by atoms with Crippen molar-refractivity contribution in [2.75, 3.05) is 10.6 Å². The first-order chi connectivity index (χ1) is 16.7. The highest BCUT2D eigenvalue weighted by Crippen LogP contribution is 2.31. The summed E-state index contributed by atoms with van der Waals surface area (Å²) in [6.07, 6.45) is 2.93. The topological polar surface area (TPSA) is 66.5 Å². The SMILES string of the molecule is C[C@H](CCc1ccccc1)NC(=O)c1cc2cc(N(Cc3ccc(Cl)cc3)S(C)(=O)=O)ccc2s1. The van der Waals surface area contributed by atoms with Crippen molar-refractivity contribution in [1.82, 2.24) is 5.32 Å². The number of carbonyl (C=O) groups is 1. The zero-order valence-corrected chi connectivity index (χ0v) is 22.0. The monoisotopic (exact) mass is 526 g/mol. The zero-order valence-electron chi connectivity index (χ0n) is 19.6. The van der Waals surface area contributed by atoms with E-state index in [0.717, 1.165) is 28.5 Å². The summed E-state index contributed by atoms with van der Waals surface area (Å²) in [7, 11) is -3.53. The Kier molecular flexibility index (Phi) is 7.79. The van der Waals surface area contributed by atoms with Crippen molar-refractivity contribution < 1.29 is 13.2 Å². The second-order valence-electron chi connectivity index (χ2n) is 8.63. The Morgan fingerprint density at radius 1 is 1.00 bits per heavy atom. The number of hydrogen-bond donors (Lipinski definition) is 1. The molecule has 8 heteroatoms. The number of anilines is 1. The second-order valence-corrected chi connectivity index (χ2v) is 12.1. The maximum absolute atomic E-state index is 12.9. The third-order valence-corrected chi connectivity index (χ3v) is 8.25. The Hall–Kier alpha value is -2.87. The summed E-state index contributed by atoms with van der Waals surface area (Å²) in [5.41, 5.74) is 2.63. The summed E-state index contributed by atoms with van der Waals surface area (Å²) in [5, 5.41) is 4.51. The Morgan fingerprint density at radius 2 is 1.71 bits per heavy atom. The van der Waals surface area contributed by atoms with Gasteiger partial charge in [-0.1, -0.05) is 54.1 Å². The molecule has 0 aliphatic heterocycles. The molecule has 3 aromatic carbocycles. The number of thiophene rings is 1. The number of halogens is 1. The lowest BCUT2D eigenvalue weighted by Crippen LogP contribution is -2.32. The fourth-order valence-electron chi connectivity index (χ4n) is 3.85. The number of aryl methyl sites for hydroxylation is 1. The van der Waals surface area contributed by atoms with E-state index in [1.165, 1.54) is 27.5 Å². The van der Waals surface area contributed by atoms with Gasteiger partial charge in [-0.15, -0.1) is 11.3 Å². The van der Waals surface area contributed by atoms with E-state index in [9.17, 15) is 13.2 Å². The first-order valence-corrected chi connectivity index (χ1v) is 14.3. The first kappa shape index (κ1) is 25.2. The number of sulfonamides is 1. The van der Waals surface area contributed by atoms with E-state index >= 15 is 0 Å². The Bertz CT molecular complexity index is 1420. The van der Waals surface area contributed by atoms with E-state index in [4.69, 9.17) is 11.6 Å². The third kappa shape index (κ3) is 6.63. The predicted octanol–water partition coefficient (Wildman–Crippen LogP) is 6.27. The number of fused-ring (bicyclic) bond motifs is 1. The molecule has 0 unspecified atom stereocenters. The number of nitrogens with one attached hydrogen (secondary N) is 1. The van der Waals surface area contributed by atoms with Crippen molar-refractivity contribution in [3.63, 3.8) is 0 Å². The average Bonchev–Trinajstić information content (AvgIpc) is 3.26. The van der Waals surface area contributed by atoms with E-state index in [1.54, 1.807) is 18.2 Å². The number of amides is 1. The molecule has 0 radical (unpaired) electrons. The van der Waals surface area contributed by atoms with Crippen LogP contribution in [-0.2, 0) is 23.0 Å². The summed E-state index contributed by atoms with van der Waals surface area (Å²) < 4.78 is 27.4. The van der Waals surface area contributed by atoms with Gasteiger partial charge in [0.05, 0.1) is 23.4 Å². The molecule has 5 nitrogen and oxygen atoms in total. The van der Waals surface area contributed by atoms with Crippen LogP contribution in [0.5, 0.6) is 0 Å². The molecule has 0 bridgehead atoms. The van der Waals surface area contributed by atoms with Crippen LogP contribution >= 0.6 is 22.9 Å². The van der Waals surface area contributed by atoms with Gasteiger partial charge in [0.25, 0.3) is 5.91 Å². The van der Waals surface area contributed by atoms with Crippen molar-refractivity contribution in [2.24, 2.45) is 0 Å². The van der Waals surface area contributed by atoms with Crippen LogP contribution < -0.4 is 9.62 Å². The molecule has 1 atom stereocenters. The van der Waals surface area contributed by atoms with Crippen molar-refractivity contribution in [1.29, 1.82) is 0 Å². The van der Waals surface area contributed by atoms with Crippen LogP contribution in [0.4, 0.5) is 5.69 Å². The Balaban J connectivity index is 1.49. The molecule has 0 fully saturated rings. The fraction of sp³-hybridized carbons (Fsp3) is 0.222. The van der Waals surface area contributed by atoms with Crippen LogP contribution in [0, 0.1) is 0 Å². The molecule has 1 N–H and O–H groups in total. The fourth-order valence-corrected chi connectivity index (χ4v) is 5.80. The maximum Gasteiger partial charge on any atom is 0.261 e. The summed E-state index contributed by atoms with van der Waals surface area (Å²) >= 11 is 7.36. The number of nitrogens with zero attached hydrogens (tertiary/aromatic N) is 1. The van der Waals surface area contributed by atoms with Gasteiger partial charge in [-0.2, -0.15) is 0 Å². The van der Waals surface area contributed by atoms with Crippen LogP contribution in [-0.4, -0.2) is 26.6 Å². The van der Waals surface area contributed by atoms with Gasteiger partial charge in [0, 0.05) is 15.8 Å². The van der Waals surface area contributed by atoms with Crippen LogP contribution in [0.3, 0.4) is 0 Å². The number of carbonyl (C=O) groups excluding carboxylic acids is 1. The van der Waals surface area contributed by atoms with Gasteiger partial charge in [0.1, 0.15) is 0 Å². The lowest BCUT2D eigenvalue weighted by molar-refractivity contribution is 0.0942. The molecule has 0 saturated heterocycles. The molecule has 182 valence electrons. The second kappa shape index (κ2) is 10.8. The summed E-state index contributed by atoms with van der Waals surface area (Å²) in [4.78, 5) is 13.5. The van der Waals surface area contributed by atoms with Gasteiger partial charge >= 0.3 is 0 Å². The maximum atomic E-state index is 12.9. The van der Waals surface area contributed by atoms with E-state index in [1.807, 2.05) is 55.5 Å². The Labute approximate surface area is 215 Å². The van der Waals surface area contributed by atoms with Crippen LogP contribution in [0.15, 0.2) is 78.9 Å². The Morgan fingerprint density at radius 3 is 2.40 bits per heavy atom. The minimum atomic E-state index is -3.53. The smallest absolute Gasteiger partial charge is 0.261 e. The van der Waals surface area contributed by atoms with Gasteiger partial charge in [0.2, 0.25) is 10.0 Å². The van der Waals surface area contributed by atoms with Crippen molar-refractivity contribution in [3.05, 3.63) is 99.9 Å². The highest BCUT2D eigenvalue weighted by Gasteiger charge is 2.20. The van der Waals surface area contributed by atoms with Gasteiger partial charge < -0.3 is 5.32 Å². The summed E-state index contributed by atoms with van der Waals surface area (Å²) in [5.74, 6) is -0.116. The summed E-state index contributed by atoms with van der Waals surface area (Å²) in [6, 6.07) is 24.6. The first-order valence-electron chi connectivity index (χ1n) is 11.3. The lowest BCUT2D eigenvalue weighted by atomic mass is 10.1. The van der Waals surface area contributed by atoms with Gasteiger partial charge in [-0.3, -0.25) is 9.10 Å². The van der Waals surface area contributed by atoms with E-state index in [0.29, 0.717) is 15.6 Å².